The number of hydrogen-bond acceptors (Lipinski definition) is 2. The van der Waals surface area contributed by atoms with Crippen molar-refractivity contribution in [2.75, 3.05) is 6.61 Å². The predicted molar refractivity (Wildman–Crippen MR) is 38.8 cm³/mol. The lowest BCUT2D eigenvalue weighted by molar-refractivity contribution is -0.131. The molecule has 0 aliphatic heterocycles. The quantitative estimate of drug-likeness (QED) is 0.554. The van der Waals surface area contributed by atoms with Crippen LogP contribution in [0.25, 0.3) is 0 Å². The van der Waals surface area contributed by atoms with Crippen LogP contribution in [0.15, 0.2) is 0 Å². The van der Waals surface area contributed by atoms with Gasteiger partial charge in [0.05, 0.1) is 0 Å². The van der Waals surface area contributed by atoms with Crippen molar-refractivity contribution in [3.8, 4) is 0 Å². The normalized spacial score (nSPS) is 23.8. The highest BCUT2D eigenvalue weighted by Gasteiger charge is 2.42. The fourth-order valence-electron chi connectivity index (χ4n) is 1.22. The molecule has 0 aromatic carbocycles. The summed E-state index contributed by atoms with van der Waals surface area (Å²) in [6.07, 6.45) is 3.23. The standard InChI is InChI=1S/C8H14O2/c1-3-10-8(2,6-9)7-4-5-7/h6-7H,3-5H2,1-2H3. The molecule has 0 saturated heterocycles. The van der Waals surface area contributed by atoms with Gasteiger partial charge in [-0.3, -0.25) is 0 Å². The minimum absolute atomic E-state index is 0.477. The van der Waals surface area contributed by atoms with Crippen LogP contribution in [-0.2, 0) is 9.53 Å². The minimum atomic E-state index is -0.477. The van der Waals surface area contributed by atoms with E-state index in [2.05, 4.69) is 0 Å². The Morgan fingerprint density at radius 3 is 2.60 bits per heavy atom. The van der Waals surface area contributed by atoms with Crippen molar-refractivity contribution in [2.24, 2.45) is 5.92 Å². The number of carbonyl (C=O) groups excluding carboxylic acids is 1. The van der Waals surface area contributed by atoms with E-state index in [4.69, 9.17) is 4.74 Å². The molecule has 1 aliphatic carbocycles. The van der Waals surface area contributed by atoms with E-state index in [1.807, 2.05) is 13.8 Å². The third-order valence-corrected chi connectivity index (χ3v) is 2.08. The first-order valence-corrected chi connectivity index (χ1v) is 3.83. The van der Waals surface area contributed by atoms with Crippen LogP contribution in [0.2, 0.25) is 0 Å². The van der Waals surface area contributed by atoms with E-state index in [9.17, 15) is 4.79 Å². The Kier molecular flexibility index (Phi) is 2.09. The Bertz CT molecular complexity index is 129. The molecular weight excluding hydrogens is 128 g/mol. The van der Waals surface area contributed by atoms with Gasteiger partial charge in [0, 0.05) is 6.61 Å². The van der Waals surface area contributed by atoms with E-state index in [0.29, 0.717) is 12.5 Å². The van der Waals surface area contributed by atoms with Gasteiger partial charge in [-0.2, -0.15) is 0 Å². The SMILES string of the molecule is CCOC(C)(C=O)C1CC1. The Hall–Kier alpha value is -0.370. The molecule has 2 nitrogen and oxygen atoms in total. The van der Waals surface area contributed by atoms with Gasteiger partial charge in [-0.05, 0) is 32.6 Å². The minimum Gasteiger partial charge on any atom is -0.368 e. The zero-order valence-electron chi connectivity index (χ0n) is 6.59. The molecule has 0 aromatic heterocycles. The number of hydrogen-bond donors (Lipinski definition) is 0. The molecule has 1 unspecified atom stereocenters. The van der Waals surface area contributed by atoms with Crippen LogP contribution in [0.5, 0.6) is 0 Å². The highest BCUT2D eigenvalue weighted by Crippen LogP contribution is 2.40. The Morgan fingerprint density at radius 1 is 1.70 bits per heavy atom. The van der Waals surface area contributed by atoms with Gasteiger partial charge in [-0.25, -0.2) is 0 Å². The summed E-state index contributed by atoms with van der Waals surface area (Å²) < 4.78 is 5.33. The monoisotopic (exact) mass is 142 g/mol. The van der Waals surface area contributed by atoms with Gasteiger partial charge in [0.2, 0.25) is 0 Å². The molecule has 58 valence electrons. The maximum atomic E-state index is 10.6. The number of ether oxygens (including phenoxy) is 1. The van der Waals surface area contributed by atoms with Crippen LogP contribution in [0.1, 0.15) is 26.7 Å². The number of rotatable bonds is 4. The maximum absolute atomic E-state index is 10.6. The summed E-state index contributed by atoms with van der Waals surface area (Å²) in [4.78, 5) is 10.6. The first kappa shape index (κ1) is 7.73. The van der Waals surface area contributed by atoms with Gasteiger partial charge in [0.1, 0.15) is 5.60 Å². The van der Waals surface area contributed by atoms with Crippen molar-refractivity contribution in [3.05, 3.63) is 0 Å². The fourth-order valence-corrected chi connectivity index (χ4v) is 1.22. The molecular formula is C8H14O2. The zero-order valence-corrected chi connectivity index (χ0v) is 6.59. The van der Waals surface area contributed by atoms with Crippen LogP contribution in [-0.4, -0.2) is 18.5 Å². The Labute approximate surface area is 61.6 Å². The Balaban J connectivity index is 2.47. The summed E-state index contributed by atoms with van der Waals surface area (Å²) in [6, 6.07) is 0. The van der Waals surface area contributed by atoms with Crippen molar-refractivity contribution in [3.63, 3.8) is 0 Å². The summed E-state index contributed by atoms with van der Waals surface area (Å²) in [7, 11) is 0. The average molecular weight is 142 g/mol. The van der Waals surface area contributed by atoms with E-state index in [1.54, 1.807) is 0 Å². The van der Waals surface area contributed by atoms with Gasteiger partial charge in [-0.1, -0.05) is 0 Å². The molecule has 1 aliphatic rings. The van der Waals surface area contributed by atoms with E-state index < -0.39 is 5.60 Å². The summed E-state index contributed by atoms with van der Waals surface area (Å²) in [5.41, 5.74) is -0.477. The average Bonchev–Trinajstić information content (AvgIpc) is 2.69. The third kappa shape index (κ3) is 1.37. The van der Waals surface area contributed by atoms with Gasteiger partial charge >= 0.3 is 0 Å². The molecule has 0 amide bonds. The largest absolute Gasteiger partial charge is 0.368 e. The van der Waals surface area contributed by atoms with Crippen molar-refractivity contribution in [1.29, 1.82) is 0 Å². The lowest BCUT2D eigenvalue weighted by Gasteiger charge is -2.21. The molecule has 2 heteroatoms. The molecule has 10 heavy (non-hydrogen) atoms. The van der Waals surface area contributed by atoms with Crippen molar-refractivity contribution in [2.45, 2.75) is 32.3 Å². The summed E-state index contributed by atoms with van der Waals surface area (Å²) in [5, 5.41) is 0. The molecule has 0 bridgehead atoms. The maximum Gasteiger partial charge on any atom is 0.151 e. The fraction of sp³-hybridized carbons (Fsp3) is 0.875. The van der Waals surface area contributed by atoms with Gasteiger partial charge in [0.25, 0.3) is 0 Å². The molecule has 1 rings (SSSR count). The van der Waals surface area contributed by atoms with Crippen LogP contribution in [0, 0.1) is 5.92 Å². The smallest absolute Gasteiger partial charge is 0.151 e. The van der Waals surface area contributed by atoms with E-state index in [1.165, 1.54) is 0 Å². The number of aldehydes is 1. The second-order valence-electron chi connectivity index (χ2n) is 3.01. The van der Waals surface area contributed by atoms with Crippen LogP contribution >= 0.6 is 0 Å². The molecule has 0 aromatic rings. The third-order valence-electron chi connectivity index (χ3n) is 2.08. The van der Waals surface area contributed by atoms with Crippen molar-refractivity contribution >= 4 is 6.29 Å². The molecule has 1 saturated carbocycles. The van der Waals surface area contributed by atoms with E-state index in [-0.39, 0.29) is 0 Å². The van der Waals surface area contributed by atoms with Crippen molar-refractivity contribution in [1.82, 2.24) is 0 Å². The second-order valence-corrected chi connectivity index (χ2v) is 3.01. The van der Waals surface area contributed by atoms with E-state index >= 15 is 0 Å². The molecule has 0 spiro atoms. The van der Waals surface area contributed by atoms with Crippen LogP contribution in [0.3, 0.4) is 0 Å². The van der Waals surface area contributed by atoms with Crippen LogP contribution < -0.4 is 0 Å². The molecule has 1 atom stereocenters. The lowest BCUT2D eigenvalue weighted by atomic mass is 10.0. The summed E-state index contributed by atoms with van der Waals surface area (Å²) in [5.74, 6) is 0.491. The predicted octanol–water partition coefficient (Wildman–Crippen LogP) is 1.39. The van der Waals surface area contributed by atoms with Gasteiger partial charge in [0.15, 0.2) is 6.29 Å². The summed E-state index contributed by atoms with van der Waals surface area (Å²) in [6.45, 7) is 4.43. The topological polar surface area (TPSA) is 26.3 Å². The molecule has 1 fully saturated rings. The highest BCUT2D eigenvalue weighted by molar-refractivity contribution is 5.63. The molecule has 0 heterocycles. The van der Waals surface area contributed by atoms with Gasteiger partial charge < -0.3 is 9.53 Å². The lowest BCUT2D eigenvalue weighted by Crippen LogP contribution is -2.33. The van der Waals surface area contributed by atoms with Gasteiger partial charge in [-0.15, -0.1) is 0 Å². The summed E-state index contributed by atoms with van der Waals surface area (Å²) >= 11 is 0. The van der Waals surface area contributed by atoms with Crippen LogP contribution in [0.4, 0.5) is 0 Å². The Morgan fingerprint density at radius 2 is 2.30 bits per heavy atom. The first-order valence-electron chi connectivity index (χ1n) is 3.83. The molecule has 0 radical (unpaired) electrons. The van der Waals surface area contributed by atoms with E-state index in [0.717, 1.165) is 19.1 Å². The molecule has 0 N–H and O–H groups in total. The number of carbonyl (C=O) groups is 1. The highest BCUT2D eigenvalue weighted by atomic mass is 16.5. The first-order chi connectivity index (χ1) is 4.73. The zero-order chi connectivity index (χ0) is 7.61. The second kappa shape index (κ2) is 2.70. The van der Waals surface area contributed by atoms with Crippen molar-refractivity contribution < 1.29 is 9.53 Å².